The molecule has 0 saturated heterocycles. The standard InChI is InChI=1S/C22H21FN4O3/c1-27(14-16-5-3-2-4-6-16)21(28)15-29-26-22(24)17-7-12-20(25-13-17)30-19-10-8-18(23)9-11-19/h2-13H,14-15H2,1H3,(H2,24,26). The number of pyridine rings is 1. The zero-order chi connectivity index (χ0) is 21.3. The summed E-state index contributed by atoms with van der Waals surface area (Å²) in [5, 5.41) is 3.77. The molecule has 0 aliphatic rings. The van der Waals surface area contributed by atoms with Gasteiger partial charge in [0.25, 0.3) is 5.91 Å². The predicted molar refractivity (Wildman–Crippen MR) is 110 cm³/mol. The molecule has 2 N–H and O–H groups in total. The van der Waals surface area contributed by atoms with Crippen LogP contribution in [0.1, 0.15) is 11.1 Å². The number of carbonyl (C=O) groups is 1. The van der Waals surface area contributed by atoms with Crippen molar-refractivity contribution in [3.05, 3.63) is 89.9 Å². The van der Waals surface area contributed by atoms with Crippen molar-refractivity contribution in [3.63, 3.8) is 0 Å². The first-order valence-electron chi connectivity index (χ1n) is 9.14. The van der Waals surface area contributed by atoms with Crippen LogP contribution in [0.3, 0.4) is 0 Å². The quantitative estimate of drug-likeness (QED) is 0.351. The first kappa shape index (κ1) is 20.8. The molecule has 0 saturated carbocycles. The fourth-order valence-electron chi connectivity index (χ4n) is 2.48. The van der Waals surface area contributed by atoms with E-state index in [2.05, 4.69) is 10.1 Å². The molecule has 7 nitrogen and oxygen atoms in total. The van der Waals surface area contributed by atoms with E-state index >= 15 is 0 Å². The molecule has 0 fully saturated rings. The highest BCUT2D eigenvalue weighted by molar-refractivity contribution is 5.96. The van der Waals surface area contributed by atoms with E-state index in [1.807, 2.05) is 30.3 Å². The summed E-state index contributed by atoms with van der Waals surface area (Å²) in [6, 6.07) is 18.5. The minimum absolute atomic E-state index is 0.0781. The molecule has 1 amide bonds. The van der Waals surface area contributed by atoms with E-state index in [-0.39, 0.29) is 24.2 Å². The molecule has 1 aromatic heterocycles. The van der Waals surface area contributed by atoms with Crippen molar-refractivity contribution in [3.8, 4) is 11.6 Å². The van der Waals surface area contributed by atoms with Crippen LogP contribution in [0, 0.1) is 5.82 Å². The molecule has 3 rings (SSSR count). The van der Waals surface area contributed by atoms with Crippen LogP contribution in [0.2, 0.25) is 0 Å². The molecule has 0 bridgehead atoms. The Hall–Kier alpha value is -3.94. The summed E-state index contributed by atoms with van der Waals surface area (Å²) in [4.78, 5) is 22.9. The van der Waals surface area contributed by atoms with Gasteiger partial charge in [0.1, 0.15) is 11.6 Å². The number of oxime groups is 1. The molecule has 0 unspecified atom stereocenters. The number of amidine groups is 1. The van der Waals surface area contributed by atoms with Gasteiger partial charge in [0.15, 0.2) is 12.4 Å². The van der Waals surface area contributed by atoms with E-state index in [1.54, 1.807) is 24.1 Å². The van der Waals surface area contributed by atoms with Gasteiger partial charge < -0.3 is 20.2 Å². The number of halogens is 1. The normalized spacial score (nSPS) is 11.1. The SMILES string of the molecule is CN(Cc1ccccc1)C(=O)CO/N=C(/N)c1ccc(Oc2ccc(F)cc2)nc1. The first-order chi connectivity index (χ1) is 14.5. The fraction of sp³-hybridized carbons (Fsp3) is 0.136. The third kappa shape index (κ3) is 6.03. The van der Waals surface area contributed by atoms with Crippen LogP contribution in [0.15, 0.2) is 78.1 Å². The summed E-state index contributed by atoms with van der Waals surface area (Å²) in [6.45, 7) is 0.241. The van der Waals surface area contributed by atoms with Gasteiger partial charge in [0.05, 0.1) is 0 Å². The molecular formula is C22H21FN4O3. The van der Waals surface area contributed by atoms with E-state index in [1.165, 1.54) is 30.5 Å². The van der Waals surface area contributed by atoms with Gasteiger partial charge in [-0.25, -0.2) is 9.37 Å². The van der Waals surface area contributed by atoms with Crippen molar-refractivity contribution >= 4 is 11.7 Å². The lowest BCUT2D eigenvalue weighted by molar-refractivity contribution is -0.135. The van der Waals surface area contributed by atoms with Crippen molar-refractivity contribution in [2.45, 2.75) is 6.54 Å². The lowest BCUT2D eigenvalue weighted by Gasteiger charge is -2.16. The maximum atomic E-state index is 12.9. The summed E-state index contributed by atoms with van der Waals surface area (Å²) in [5.74, 6) is 0.279. The largest absolute Gasteiger partial charge is 0.439 e. The Morgan fingerprint density at radius 2 is 1.83 bits per heavy atom. The van der Waals surface area contributed by atoms with E-state index in [4.69, 9.17) is 15.3 Å². The van der Waals surface area contributed by atoms with Gasteiger partial charge in [-0.1, -0.05) is 35.5 Å². The summed E-state index contributed by atoms with van der Waals surface area (Å²) in [5.41, 5.74) is 7.40. The topological polar surface area (TPSA) is 90.0 Å². The number of aromatic nitrogens is 1. The van der Waals surface area contributed by atoms with Crippen LogP contribution in [-0.4, -0.2) is 35.3 Å². The minimum atomic E-state index is -0.348. The van der Waals surface area contributed by atoms with Crippen LogP contribution in [0.4, 0.5) is 4.39 Å². The third-order valence-electron chi connectivity index (χ3n) is 4.11. The molecule has 30 heavy (non-hydrogen) atoms. The van der Waals surface area contributed by atoms with Gasteiger partial charge in [-0.2, -0.15) is 0 Å². The highest BCUT2D eigenvalue weighted by atomic mass is 19.1. The van der Waals surface area contributed by atoms with Gasteiger partial charge in [0, 0.05) is 31.4 Å². The molecule has 0 radical (unpaired) electrons. The van der Waals surface area contributed by atoms with Crippen LogP contribution in [0.25, 0.3) is 0 Å². The number of hydrogen-bond acceptors (Lipinski definition) is 5. The second kappa shape index (κ2) is 10.0. The number of nitrogens with zero attached hydrogens (tertiary/aromatic N) is 3. The molecule has 0 spiro atoms. The maximum Gasteiger partial charge on any atom is 0.263 e. The van der Waals surface area contributed by atoms with Gasteiger partial charge in [0.2, 0.25) is 5.88 Å². The predicted octanol–water partition coefficient (Wildman–Crippen LogP) is 3.31. The smallest absolute Gasteiger partial charge is 0.263 e. The van der Waals surface area contributed by atoms with E-state index in [9.17, 15) is 9.18 Å². The molecule has 3 aromatic rings. The minimum Gasteiger partial charge on any atom is -0.439 e. The number of ether oxygens (including phenoxy) is 1. The Balaban J connectivity index is 1.50. The Morgan fingerprint density at radius 3 is 2.50 bits per heavy atom. The van der Waals surface area contributed by atoms with Gasteiger partial charge in [-0.3, -0.25) is 4.79 Å². The van der Waals surface area contributed by atoms with Crippen LogP contribution >= 0.6 is 0 Å². The average molecular weight is 408 g/mol. The van der Waals surface area contributed by atoms with Crippen molar-refractivity contribution in [1.82, 2.24) is 9.88 Å². The Morgan fingerprint density at radius 1 is 1.10 bits per heavy atom. The molecule has 0 aliphatic heterocycles. The van der Waals surface area contributed by atoms with Crippen LogP contribution in [0.5, 0.6) is 11.6 Å². The molecular weight excluding hydrogens is 387 g/mol. The number of amides is 1. The number of benzene rings is 2. The Labute approximate surface area is 173 Å². The zero-order valence-corrected chi connectivity index (χ0v) is 16.4. The fourth-order valence-corrected chi connectivity index (χ4v) is 2.48. The number of nitrogens with two attached hydrogens (primary N) is 1. The van der Waals surface area contributed by atoms with Crippen LogP contribution in [-0.2, 0) is 16.2 Å². The molecule has 1 heterocycles. The van der Waals surface area contributed by atoms with E-state index < -0.39 is 0 Å². The maximum absolute atomic E-state index is 12.9. The number of carbonyl (C=O) groups excluding carboxylic acids is 1. The average Bonchev–Trinajstić information content (AvgIpc) is 2.76. The Bertz CT molecular complexity index is 993. The highest BCUT2D eigenvalue weighted by Crippen LogP contribution is 2.19. The van der Waals surface area contributed by atoms with Crippen molar-refractivity contribution in [2.75, 3.05) is 13.7 Å². The number of rotatable bonds is 8. The first-order valence-corrected chi connectivity index (χ1v) is 9.14. The molecule has 154 valence electrons. The van der Waals surface area contributed by atoms with Crippen molar-refractivity contribution < 1.29 is 18.8 Å². The van der Waals surface area contributed by atoms with E-state index in [0.29, 0.717) is 23.7 Å². The molecule has 0 atom stereocenters. The van der Waals surface area contributed by atoms with Crippen molar-refractivity contribution in [1.29, 1.82) is 0 Å². The third-order valence-corrected chi connectivity index (χ3v) is 4.11. The van der Waals surface area contributed by atoms with Gasteiger partial charge >= 0.3 is 0 Å². The van der Waals surface area contributed by atoms with Crippen molar-refractivity contribution in [2.24, 2.45) is 10.9 Å². The second-order valence-electron chi connectivity index (χ2n) is 6.43. The highest BCUT2D eigenvalue weighted by Gasteiger charge is 2.10. The van der Waals surface area contributed by atoms with E-state index in [0.717, 1.165) is 5.56 Å². The van der Waals surface area contributed by atoms with Crippen LogP contribution < -0.4 is 10.5 Å². The lowest BCUT2D eigenvalue weighted by Crippen LogP contribution is -2.29. The zero-order valence-electron chi connectivity index (χ0n) is 16.4. The summed E-state index contributed by atoms with van der Waals surface area (Å²) >= 11 is 0. The second-order valence-corrected chi connectivity index (χ2v) is 6.43. The lowest BCUT2D eigenvalue weighted by atomic mass is 10.2. The molecule has 8 heteroatoms. The monoisotopic (exact) mass is 408 g/mol. The van der Waals surface area contributed by atoms with Gasteiger partial charge in [-0.05, 0) is 35.9 Å². The molecule has 0 aliphatic carbocycles. The Kier molecular flexibility index (Phi) is 6.94. The van der Waals surface area contributed by atoms with Gasteiger partial charge in [-0.15, -0.1) is 0 Å². The summed E-state index contributed by atoms with van der Waals surface area (Å²) in [7, 11) is 1.69. The summed E-state index contributed by atoms with van der Waals surface area (Å²) in [6.07, 6.45) is 1.46. The number of likely N-dealkylation sites (N-methyl/N-ethyl adjacent to an activating group) is 1. The molecule has 2 aromatic carbocycles. The number of hydrogen-bond donors (Lipinski definition) is 1. The summed E-state index contributed by atoms with van der Waals surface area (Å²) < 4.78 is 18.4.